The standard InChI is InChI=1S/C13H17IN2O3S/c1-2-15-13(17)10-7-8-16(9-10)20(18,19)12-5-3-11(14)4-6-12/h3-6,10H,2,7-9H2,1H3,(H,15,17). The molecule has 1 atom stereocenters. The van der Waals surface area contributed by atoms with Crippen LogP contribution in [-0.2, 0) is 14.8 Å². The van der Waals surface area contributed by atoms with E-state index >= 15 is 0 Å². The maximum Gasteiger partial charge on any atom is 0.243 e. The van der Waals surface area contributed by atoms with Gasteiger partial charge in [0.2, 0.25) is 15.9 Å². The number of carbonyl (C=O) groups is 1. The Balaban J connectivity index is 2.12. The summed E-state index contributed by atoms with van der Waals surface area (Å²) in [6.07, 6.45) is 0.579. The topological polar surface area (TPSA) is 66.5 Å². The number of nitrogens with one attached hydrogen (secondary N) is 1. The van der Waals surface area contributed by atoms with Crippen LogP contribution in [0.15, 0.2) is 29.2 Å². The van der Waals surface area contributed by atoms with Crippen molar-refractivity contribution in [3.05, 3.63) is 27.8 Å². The van der Waals surface area contributed by atoms with Gasteiger partial charge in [-0.1, -0.05) is 0 Å². The first-order chi connectivity index (χ1) is 9.45. The fraction of sp³-hybridized carbons (Fsp3) is 0.462. The third-order valence-corrected chi connectivity index (χ3v) is 5.92. The molecule has 0 aliphatic carbocycles. The Morgan fingerprint density at radius 3 is 2.65 bits per heavy atom. The quantitative estimate of drug-likeness (QED) is 0.767. The van der Waals surface area contributed by atoms with E-state index in [4.69, 9.17) is 0 Å². The first kappa shape index (κ1) is 15.7. The summed E-state index contributed by atoms with van der Waals surface area (Å²) in [7, 11) is -3.49. The van der Waals surface area contributed by atoms with Crippen LogP contribution in [0.2, 0.25) is 0 Å². The third kappa shape index (κ3) is 3.32. The first-order valence-corrected chi connectivity index (χ1v) is 9.00. The highest BCUT2D eigenvalue weighted by atomic mass is 127. The molecule has 110 valence electrons. The van der Waals surface area contributed by atoms with Crippen LogP contribution in [0.4, 0.5) is 0 Å². The molecule has 0 saturated carbocycles. The van der Waals surface area contributed by atoms with Gasteiger partial charge in [0.15, 0.2) is 0 Å². The lowest BCUT2D eigenvalue weighted by Gasteiger charge is -2.16. The van der Waals surface area contributed by atoms with Gasteiger partial charge in [0, 0.05) is 23.2 Å². The number of benzene rings is 1. The third-order valence-electron chi connectivity index (χ3n) is 3.32. The van der Waals surface area contributed by atoms with Gasteiger partial charge in [0.05, 0.1) is 10.8 Å². The zero-order valence-corrected chi connectivity index (χ0v) is 14.1. The number of halogens is 1. The number of amides is 1. The van der Waals surface area contributed by atoms with Gasteiger partial charge < -0.3 is 5.32 Å². The molecule has 0 aromatic heterocycles. The van der Waals surface area contributed by atoms with Gasteiger partial charge in [-0.25, -0.2) is 8.42 Å². The predicted molar refractivity (Wildman–Crippen MR) is 84.7 cm³/mol. The highest BCUT2D eigenvalue weighted by molar-refractivity contribution is 14.1. The monoisotopic (exact) mass is 408 g/mol. The van der Waals surface area contributed by atoms with Crippen LogP contribution in [0, 0.1) is 9.49 Å². The fourth-order valence-electron chi connectivity index (χ4n) is 2.23. The van der Waals surface area contributed by atoms with Gasteiger partial charge in [0.25, 0.3) is 0 Å². The smallest absolute Gasteiger partial charge is 0.243 e. The van der Waals surface area contributed by atoms with Crippen LogP contribution < -0.4 is 5.32 Å². The van der Waals surface area contributed by atoms with E-state index < -0.39 is 10.0 Å². The predicted octanol–water partition coefficient (Wildman–Crippen LogP) is 1.44. The molecule has 1 aromatic rings. The second-order valence-corrected chi connectivity index (χ2v) is 7.88. The number of rotatable bonds is 4. The van der Waals surface area contributed by atoms with Gasteiger partial charge in [-0.15, -0.1) is 0 Å². The summed E-state index contributed by atoms with van der Waals surface area (Å²) in [5.74, 6) is -0.304. The van der Waals surface area contributed by atoms with Crippen LogP contribution in [-0.4, -0.2) is 38.3 Å². The summed E-state index contributed by atoms with van der Waals surface area (Å²) in [5, 5.41) is 2.75. The van der Waals surface area contributed by atoms with Gasteiger partial charge in [0.1, 0.15) is 0 Å². The van der Waals surface area contributed by atoms with E-state index in [2.05, 4.69) is 27.9 Å². The molecule has 1 unspecified atom stereocenters. The molecule has 1 fully saturated rings. The van der Waals surface area contributed by atoms with Crippen molar-refractivity contribution in [2.75, 3.05) is 19.6 Å². The maximum absolute atomic E-state index is 12.5. The molecule has 1 aliphatic rings. The molecule has 1 saturated heterocycles. The summed E-state index contributed by atoms with van der Waals surface area (Å²) >= 11 is 2.13. The van der Waals surface area contributed by atoms with Crippen molar-refractivity contribution < 1.29 is 13.2 Å². The van der Waals surface area contributed by atoms with E-state index in [1.165, 1.54) is 4.31 Å². The minimum absolute atomic E-state index is 0.0622. The Morgan fingerprint density at radius 1 is 1.40 bits per heavy atom. The Bertz CT molecular complexity index is 586. The van der Waals surface area contributed by atoms with Crippen LogP contribution in [0.3, 0.4) is 0 Å². The number of hydrogen-bond acceptors (Lipinski definition) is 3. The lowest BCUT2D eigenvalue weighted by Crippen LogP contribution is -2.34. The fourth-order valence-corrected chi connectivity index (χ4v) is 4.09. The Morgan fingerprint density at radius 2 is 2.05 bits per heavy atom. The number of carbonyl (C=O) groups excluding carboxylic acids is 1. The van der Waals surface area contributed by atoms with Crippen molar-refractivity contribution in [3.8, 4) is 0 Å². The minimum atomic E-state index is -3.49. The van der Waals surface area contributed by atoms with Crippen LogP contribution in [0.25, 0.3) is 0 Å². The molecule has 7 heteroatoms. The van der Waals surface area contributed by atoms with Crippen molar-refractivity contribution in [1.82, 2.24) is 9.62 Å². The van der Waals surface area contributed by atoms with E-state index in [1.807, 2.05) is 6.92 Å². The van der Waals surface area contributed by atoms with E-state index in [0.717, 1.165) is 3.57 Å². The lowest BCUT2D eigenvalue weighted by molar-refractivity contribution is -0.124. The number of nitrogens with zero attached hydrogens (tertiary/aromatic N) is 1. The van der Waals surface area contributed by atoms with Gasteiger partial charge in [-0.2, -0.15) is 4.31 Å². The molecule has 1 aromatic carbocycles. The molecular formula is C13H17IN2O3S. The van der Waals surface area contributed by atoms with Gasteiger partial charge >= 0.3 is 0 Å². The van der Waals surface area contributed by atoms with E-state index in [9.17, 15) is 13.2 Å². The summed E-state index contributed by atoms with van der Waals surface area (Å²) in [6, 6.07) is 6.75. The SMILES string of the molecule is CCNC(=O)C1CCN(S(=O)(=O)c2ccc(I)cc2)C1. The summed E-state index contributed by atoms with van der Waals surface area (Å²) in [5.41, 5.74) is 0. The molecule has 1 aliphatic heterocycles. The van der Waals surface area contributed by atoms with Crippen LogP contribution >= 0.6 is 22.6 Å². The molecule has 2 rings (SSSR count). The average molecular weight is 408 g/mol. The molecule has 1 heterocycles. The molecule has 0 spiro atoms. The number of sulfonamides is 1. The minimum Gasteiger partial charge on any atom is -0.356 e. The molecule has 20 heavy (non-hydrogen) atoms. The highest BCUT2D eigenvalue weighted by Gasteiger charge is 2.35. The van der Waals surface area contributed by atoms with Crippen LogP contribution in [0.5, 0.6) is 0 Å². The van der Waals surface area contributed by atoms with Crippen molar-refractivity contribution in [2.45, 2.75) is 18.2 Å². The van der Waals surface area contributed by atoms with E-state index in [-0.39, 0.29) is 23.3 Å². The van der Waals surface area contributed by atoms with Crippen molar-refractivity contribution in [2.24, 2.45) is 5.92 Å². The Labute approximate surface area is 132 Å². The summed E-state index contributed by atoms with van der Waals surface area (Å²) < 4.78 is 27.3. The maximum atomic E-state index is 12.5. The number of hydrogen-bond donors (Lipinski definition) is 1. The molecule has 5 nitrogen and oxygen atoms in total. The zero-order chi connectivity index (χ0) is 14.8. The Hall–Kier alpha value is -0.670. The second-order valence-electron chi connectivity index (χ2n) is 4.70. The highest BCUT2D eigenvalue weighted by Crippen LogP contribution is 2.24. The average Bonchev–Trinajstić information content (AvgIpc) is 2.90. The van der Waals surface area contributed by atoms with E-state index in [1.54, 1.807) is 24.3 Å². The van der Waals surface area contributed by atoms with Crippen molar-refractivity contribution in [3.63, 3.8) is 0 Å². The molecule has 0 bridgehead atoms. The van der Waals surface area contributed by atoms with Crippen molar-refractivity contribution >= 4 is 38.5 Å². The molecule has 0 radical (unpaired) electrons. The van der Waals surface area contributed by atoms with Crippen LogP contribution in [0.1, 0.15) is 13.3 Å². The first-order valence-electron chi connectivity index (χ1n) is 6.48. The largest absolute Gasteiger partial charge is 0.356 e. The zero-order valence-electron chi connectivity index (χ0n) is 11.2. The Kier molecular flexibility index (Phi) is 5.03. The summed E-state index contributed by atoms with van der Waals surface area (Å²) in [6.45, 7) is 3.09. The normalized spacial score (nSPS) is 20.0. The van der Waals surface area contributed by atoms with Gasteiger partial charge in [-0.05, 0) is 60.2 Å². The molecular weight excluding hydrogens is 391 g/mol. The molecule has 1 N–H and O–H groups in total. The molecule has 1 amide bonds. The second kappa shape index (κ2) is 6.40. The van der Waals surface area contributed by atoms with E-state index in [0.29, 0.717) is 19.5 Å². The lowest BCUT2D eigenvalue weighted by atomic mass is 10.1. The summed E-state index contributed by atoms with van der Waals surface area (Å²) in [4.78, 5) is 12.1. The van der Waals surface area contributed by atoms with Gasteiger partial charge in [-0.3, -0.25) is 4.79 Å². The van der Waals surface area contributed by atoms with Crippen molar-refractivity contribution in [1.29, 1.82) is 0 Å².